The zero-order chi connectivity index (χ0) is 9.26. The Bertz CT molecular complexity index is 302. The third-order valence-corrected chi connectivity index (χ3v) is 3.02. The molecule has 0 radical (unpaired) electrons. The summed E-state index contributed by atoms with van der Waals surface area (Å²) in [6.07, 6.45) is 2.25. The Balaban J connectivity index is 2.15. The second kappa shape index (κ2) is 3.33. The van der Waals surface area contributed by atoms with Gasteiger partial charge in [-0.25, -0.2) is 0 Å². The smallest absolute Gasteiger partial charge is 0.133 e. The van der Waals surface area contributed by atoms with Gasteiger partial charge in [0.05, 0.1) is 0 Å². The maximum Gasteiger partial charge on any atom is 0.133 e. The van der Waals surface area contributed by atoms with Gasteiger partial charge in [0.15, 0.2) is 0 Å². The molecule has 0 aliphatic heterocycles. The Morgan fingerprint density at radius 2 is 1.92 bits per heavy atom. The van der Waals surface area contributed by atoms with Crippen molar-refractivity contribution in [2.45, 2.75) is 25.7 Å². The molecule has 1 saturated carbocycles. The first-order valence-corrected chi connectivity index (χ1v) is 4.84. The van der Waals surface area contributed by atoms with Crippen molar-refractivity contribution in [1.29, 1.82) is 0 Å². The van der Waals surface area contributed by atoms with E-state index in [-0.39, 0.29) is 0 Å². The Morgan fingerprint density at radius 3 is 2.38 bits per heavy atom. The van der Waals surface area contributed by atoms with Crippen LogP contribution < -0.4 is 0 Å². The van der Waals surface area contributed by atoms with Crippen LogP contribution in [-0.2, 0) is 4.79 Å². The van der Waals surface area contributed by atoms with Crippen molar-refractivity contribution in [2.75, 3.05) is 0 Å². The van der Waals surface area contributed by atoms with E-state index in [1.807, 2.05) is 18.2 Å². The molecule has 1 aromatic carbocycles. The summed E-state index contributed by atoms with van der Waals surface area (Å²) >= 11 is 0. The van der Waals surface area contributed by atoms with Crippen LogP contribution in [0, 0.1) is 5.92 Å². The molecular weight excluding hydrogens is 160 g/mol. The molecule has 0 aromatic heterocycles. The van der Waals surface area contributed by atoms with Crippen LogP contribution in [-0.4, -0.2) is 5.78 Å². The predicted molar refractivity (Wildman–Crippen MR) is 52.6 cm³/mol. The van der Waals surface area contributed by atoms with E-state index in [1.165, 1.54) is 12.0 Å². The van der Waals surface area contributed by atoms with Gasteiger partial charge >= 0.3 is 0 Å². The normalized spacial score (nSPS) is 26.5. The highest BCUT2D eigenvalue weighted by molar-refractivity contribution is 5.80. The summed E-state index contributed by atoms with van der Waals surface area (Å²) in [6, 6.07) is 10.4. The lowest BCUT2D eigenvalue weighted by Crippen LogP contribution is -2.29. The predicted octanol–water partition coefficient (Wildman–Crippen LogP) is 2.77. The minimum Gasteiger partial charge on any atom is -0.300 e. The average molecular weight is 174 g/mol. The van der Waals surface area contributed by atoms with Gasteiger partial charge in [-0.05, 0) is 31.2 Å². The highest BCUT2D eigenvalue weighted by atomic mass is 16.1. The van der Waals surface area contributed by atoms with Crippen LogP contribution in [0.4, 0.5) is 0 Å². The van der Waals surface area contributed by atoms with Crippen molar-refractivity contribution in [3.8, 4) is 0 Å². The third kappa shape index (κ3) is 1.51. The molecule has 1 aliphatic carbocycles. The van der Waals surface area contributed by atoms with Gasteiger partial charge in [0.25, 0.3) is 0 Å². The van der Waals surface area contributed by atoms with Gasteiger partial charge < -0.3 is 0 Å². The highest BCUT2D eigenvalue weighted by Crippen LogP contribution is 2.42. The standard InChI is InChI=1S/C12H14O/c1-9(13)11-7-8-12(11)10-5-3-2-4-6-10/h2-6,11-12H,7-8H2,1H3/t11-,12+/m0/s1. The van der Waals surface area contributed by atoms with Crippen LogP contribution in [0.3, 0.4) is 0 Å². The topological polar surface area (TPSA) is 17.1 Å². The molecule has 0 N–H and O–H groups in total. The van der Waals surface area contributed by atoms with Crippen molar-refractivity contribution < 1.29 is 4.79 Å². The minimum atomic E-state index is 0.294. The second-order valence-corrected chi connectivity index (χ2v) is 3.81. The number of hydrogen-bond acceptors (Lipinski definition) is 1. The number of ketones is 1. The average Bonchev–Trinajstić information content (AvgIpc) is 2.02. The summed E-state index contributed by atoms with van der Waals surface area (Å²) in [5, 5.41) is 0. The second-order valence-electron chi connectivity index (χ2n) is 3.81. The molecule has 0 unspecified atom stereocenters. The zero-order valence-electron chi connectivity index (χ0n) is 7.86. The fourth-order valence-corrected chi connectivity index (χ4v) is 2.09. The maximum absolute atomic E-state index is 11.2. The molecule has 1 heteroatoms. The Hall–Kier alpha value is -1.11. The molecule has 1 nitrogen and oxygen atoms in total. The van der Waals surface area contributed by atoms with Crippen molar-refractivity contribution in [2.24, 2.45) is 5.92 Å². The lowest BCUT2D eigenvalue weighted by molar-refractivity contribution is -0.123. The van der Waals surface area contributed by atoms with Crippen molar-refractivity contribution in [1.82, 2.24) is 0 Å². The van der Waals surface area contributed by atoms with Gasteiger partial charge in [-0.3, -0.25) is 4.79 Å². The third-order valence-electron chi connectivity index (χ3n) is 3.02. The largest absolute Gasteiger partial charge is 0.300 e. The molecule has 13 heavy (non-hydrogen) atoms. The summed E-state index contributed by atoms with van der Waals surface area (Å²) in [4.78, 5) is 11.2. The number of carbonyl (C=O) groups is 1. The first-order valence-electron chi connectivity index (χ1n) is 4.84. The monoisotopic (exact) mass is 174 g/mol. The Labute approximate surface area is 78.8 Å². The summed E-state index contributed by atoms with van der Waals surface area (Å²) in [7, 11) is 0. The van der Waals surface area contributed by atoms with Crippen LogP contribution in [0.5, 0.6) is 0 Å². The Kier molecular flexibility index (Phi) is 2.17. The summed E-state index contributed by atoms with van der Waals surface area (Å²) in [6.45, 7) is 1.71. The van der Waals surface area contributed by atoms with E-state index in [0.29, 0.717) is 17.6 Å². The van der Waals surface area contributed by atoms with E-state index in [2.05, 4.69) is 12.1 Å². The number of benzene rings is 1. The first kappa shape index (κ1) is 8.49. The molecule has 0 bridgehead atoms. The minimum absolute atomic E-state index is 0.294. The molecule has 2 atom stereocenters. The molecule has 1 fully saturated rings. The van der Waals surface area contributed by atoms with Crippen LogP contribution in [0.15, 0.2) is 30.3 Å². The van der Waals surface area contributed by atoms with Crippen molar-refractivity contribution in [3.05, 3.63) is 35.9 Å². The lowest BCUT2D eigenvalue weighted by Gasteiger charge is -2.35. The number of hydrogen-bond donors (Lipinski definition) is 0. The van der Waals surface area contributed by atoms with E-state index < -0.39 is 0 Å². The van der Waals surface area contributed by atoms with Gasteiger partial charge in [-0.15, -0.1) is 0 Å². The molecule has 0 saturated heterocycles. The molecule has 68 valence electrons. The van der Waals surface area contributed by atoms with Crippen LogP contribution in [0.25, 0.3) is 0 Å². The Morgan fingerprint density at radius 1 is 1.23 bits per heavy atom. The highest BCUT2D eigenvalue weighted by Gasteiger charge is 2.34. The van der Waals surface area contributed by atoms with Crippen LogP contribution in [0.1, 0.15) is 31.2 Å². The fraction of sp³-hybridized carbons (Fsp3) is 0.417. The first-order chi connectivity index (χ1) is 6.29. The number of carbonyl (C=O) groups excluding carboxylic acids is 1. The molecule has 0 amide bonds. The van der Waals surface area contributed by atoms with Crippen LogP contribution in [0.2, 0.25) is 0 Å². The van der Waals surface area contributed by atoms with Gasteiger partial charge in [-0.2, -0.15) is 0 Å². The summed E-state index contributed by atoms with van der Waals surface area (Å²) in [5.74, 6) is 1.14. The molecular formula is C12H14O. The molecule has 0 spiro atoms. The molecule has 1 aromatic rings. The van der Waals surface area contributed by atoms with E-state index in [9.17, 15) is 4.79 Å². The number of Topliss-reactive ketones (excluding diaryl/α,β-unsaturated/α-hetero) is 1. The quantitative estimate of drug-likeness (QED) is 0.673. The maximum atomic E-state index is 11.2. The summed E-state index contributed by atoms with van der Waals surface area (Å²) in [5.41, 5.74) is 1.33. The van der Waals surface area contributed by atoms with E-state index >= 15 is 0 Å². The molecule has 1 aliphatic rings. The van der Waals surface area contributed by atoms with Crippen molar-refractivity contribution >= 4 is 5.78 Å². The van der Waals surface area contributed by atoms with Crippen LogP contribution >= 0.6 is 0 Å². The summed E-state index contributed by atoms with van der Waals surface area (Å²) < 4.78 is 0. The fourth-order valence-electron chi connectivity index (χ4n) is 2.09. The van der Waals surface area contributed by atoms with Gasteiger partial charge in [0, 0.05) is 5.92 Å². The van der Waals surface area contributed by atoms with Crippen molar-refractivity contribution in [3.63, 3.8) is 0 Å². The number of rotatable bonds is 2. The lowest BCUT2D eigenvalue weighted by atomic mass is 9.68. The van der Waals surface area contributed by atoms with Gasteiger partial charge in [-0.1, -0.05) is 30.3 Å². The molecule has 0 heterocycles. The van der Waals surface area contributed by atoms with E-state index in [1.54, 1.807) is 6.92 Å². The zero-order valence-corrected chi connectivity index (χ0v) is 7.86. The SMILES string of the molecule is CC(=O)[C@@H]1CC[C@@H]1c1ccccc1. The molecule has 2 rings (SSSR count). The van der Waals surface area contributed by atoms with Gasteiger partial charge in [0.2, 0.25) is 0 Å². The van der Waals surface area contributed by atoms with Gasteiger partial charge in [0.1, 0.15) is 5.78 Å². The van der Waals surface area contributed by atoms with E-state index in [0.717, 1.165) is 6.42 Å². The van der Waals surface area contributed by atoms with E-state index in [4.69, 9.17) is 0 Å².